The van der Waals surface area contributed by atoms with Gasteiger partial charge in [0.1, 0.15) is 12.9 Å². The summed E-state index contributed by atoms with van der Waals surface area (Å²) in [5.41, 5.74) is 0.537. The van der Waals surface area contributed by atoms with Crippen molar-refractivity contribution in [3.63, 3.8) is 0 Å². The quantitative estimate of drug-likeness (QED) is 0.770. The molecule has 0 unspecified atom stereocenters. The van der Waals surface area contributed by atoms with Crippen molar-refractivity contribution in [1.29, 1.82) is 0 Å². The van der Waals surface area contributed by atoms with Gasteiger partial charge in [0.05, 0.1) is 4.90 Å². The van der Waals surface area contributed by atoms with Crippen LogP contribution in [0.15, 0.2) is 35.5 Å². The summed E-state index contributed by atoms with van der Waals surface area (Å²) in [5, 5.41) is 15.4. The number of sulfonamides is 1. The summed E-state index contributed by atoms with van der Waals surface area (Å²) < 4.78 is 23.6. The van der Waals surface area contributed by atoms with Crippen molar-refractivity contribution in [1.82, 2.24) is 20.2 Å². The maximum atomic E-state index is 12.0. The fraction of sp³-hybridized carbons (Fsp3) is 0.200. The molecule has 0 spiro atoms. The Hall–Kier alpha value is -2.33. The van der Waals surface area contributed by atoms with Crippen LogP contribution in [0.25, 0.3) is 0 Å². The van der Waals surface area contributed by atoms with E-state index in [1.165, 1.54) is 40.2 Å². The summed E-state index contributed by atoms with van der Waals surface area (Å²) in [6, 6.07) is 5.67. The molecule has 0 saturated carbocycles. The predicted octanol–water partition coefficient (Wildman–Crippen LogP) is -1.02. The summed E-state index contributed by atoms with van der Waals surface area (Å²) >= 11 is 0. The van der Waals surface area contributed by atoms with E-state index in [1.54, 1.807) is 7.05 Å². The van der Waals surface area contributed by atoms with Crippen molar-refractivity contribution in [2.24, 2.45) is 5.14 Å². The molecule has 9 nitrogen and oxygen atoms in total. The third-order valence-corrected chi connectivity index (χ3v) is 3.54. The van der Waals surface area contributed by atoms with Gasteiger partial charge in [0.2, 0.25) is 15.9 Å². The number of carbonyl (C=O) groups is 1. The van der Waals surface area contributed by atoms with E-state index in [4.69, 9.17) is 5.14 Å². The number of amides is 1. The number of aromatic nitrogens is 4. The van der Waals surface area contributed by atoms with E-state index in [-0.39, 0.29) is 17.3 Å². The number of anilines is 1. The number of nitrogens with zero attached hydrogens (tertiary/aromatic N) is 5. The highest BCUT2D eigenvalue weighted by atomic mass is 32.2. The van der Waals surface area contributed by atoms with Crippen molar-refractivity contribution in [3.8, 4) is 0 Å². The summed E-state index contributed by atoms with van der Waals surface area (Å²) in [6.45, 7) is -0.0135. The number of rotatable bonds is 4. The van der Waals surface area contributed by atoms with Crippen LogP contribution in [0.1, 0.15) is 0 Å². The van der Waals surface area contributed by atoms with E-state index < -0.39 is 10.0 Å². The smallest absolute Gasteiger partial charge is 0.248 e. The Bertz CT molecular complexity index is 695. The van der Waals surface area contributed by atoms with Gasteiger partial charge in [0.15, 0.2) is 0 Å². The number of likely N-dealkylation sites (N-methyl/N-ethyl adjacent to an activating group) is 1. The molecule has 0 bridgehead atoms. The third kappa shape index (κ3) is 3.16. The minimum atomic E-state index is -3.74. The second-order valence-corrected chi connectivity index (χ2v) is 5.56. The molecule has 0 saturated heterocycles. The van der Waals surface area contributed by atoms with Crippen molar-refractivity contribution in [2.75, 3.05) is 11.9 Å². The second-order valence-electron chi connectivity index (χ2n) is 4.00. The lowest BCUT2D eigenvalue weighted by Crippen LogP contribution is -2.30. The molecule has 2 N–H and O–H groups in total. The van der Waals surface area contributed by atoms with Gasteiger partial charge in [-0.15, -0.1) is 5.10 Å². The molecular formula is C10H12N6O3S. The van der Waals surface area contributed by atoms with E-state index >= 15 is 0 Å². The van der Waals surface area contributed by atoms with Crippen LogP contribution in [0, 0.1) is 0 Å². The summed E-state index contributed by atoms with van der Waals surface area (Å²) in [7, 11) is -2.17. The normalized spacial score (nSPS) is 11.3. The molecule has 0 fully saturated rings. The first-order valence-corrected chi connectivity index (χ1v) is 7.03. The van der Waals surface area contributed by atoms with Gasteiger partial charge in [-0.3, -0.25) is 4.79 Å². The first-order chi connectivity index (χ1) is 9.38. The van der Waals surface area contributed by atoms with Gasteiger partial charge in [0.25, 0.3) is 0 Å². The Labute approximate surface area is 115 Å². The lowest BCUT2D eigenvalue weighted by atomic mass is 10.3. The van der Waals surface area contributed by atoms with E-state index in [0.717, 1.165) is 0 Å². The van der Waals surface area contributed by atoms with E-state index in [2.05, 4.69) is 15.5 Å². The lowest BCUT2D eigenvalue weighted by Gasteiger charge is -2.17. The fourth-order valence-electron chi connectivity index (χ4n) is 1.50. The lowest BCUT2D eigenvalue weighted by molar-refractivity contribution is -0.119. The Kier molecular flexibility index (Phi) is 3.77. The van der Waals surface area contributed by atoms with E-state index in [9.17, 15) is 13.2 Å². The zero-order valence-electron chi connectivity index (χ0n) is 10.5. The Morgan fingerprint density at radius 2 is 2.00 bits per heavy atom. The van der Waals surface area contributed by atoms with Gasteiger partial charge in [-0.25, -0.2) is 18.2 Å². The zero-order chi connectivity index (χ0) is 14.8. The molecule has 1 aromatic heterocycles. The molecule has 0 atom stereocenters. The average molecular weight is 296 g/mol. The van der Waals surface area contributed by atoms with Crippen LogP contribution >= 0.6 is 0 Å². The van der Waals surface area contributed by atoms with Gasteiger partial charge >= 0.3 is 0 Å². The average Bonchev–Trinajstić information content (AvgIpc) is 2.90. The molecule has 20 heavy (non-hydrogen) atoms. The molecule has 2 rings (SSSR count). The number of primary sulfonamides is 1. The number of hydrogen-bond acceptors (Lipinski definition) is 6. The van der Waals surface area contributed by atoms with Crippen LogP contribution in [0.2, 0.25) is 0 Å². The number of benzene rings is 1. The number of tetrazole rings is 1. The van der Waals surface area contributed by atoms with Gasteiger partial charge in [-0.1, -0.05) is 0 Å². The predicted molar refractivity (Wildman–Crippen MR) is 69.0 cm³/mol. The molecule has 106 valence electrons. The van der Waals surface area contributed by atoms with Gasteiger partial charge in [-0.2, -0.15) is 0 Å². The first-order valence-electron chi connectivity index (χ1n) is 5.48. The largest absolute Gasteiger partial charge is 0.314 e. The molecule has 0 aliphatic heterocycles. The molecule has 10 heteroatoms. The highest BCUT2D eigenvalue weighted by molar-refractivity contribution is 7.89. The SMILES string of the molecule is CN(C(=O)Cn1cnnn1)c1ccc(S(N)(=O)=O)cc1. The van der Waals surface area contributed by atoms with E-state index in [1.807, 2.05) is 0 Å². The number of carbonyl (C=O) groups excluding carboxylic acids is 1. The van der Waals surface area contributed by atoms with Gasteiger partial charge in [0, 0.05) is 12.7 Å². The standard InChI is InChI=1S/C10H12N6O3S/c1-15(10(17)6-16-7-12-13-14-16)8-2-4-9(5-3-8)20(11,18)19/h2-5,7H,6H2,1H3,(H2,11,18,19). The maximum absolute atomic E-state index is 12.0. The highest BCUT2D eigenvalue weighted by Crippen LogP contribution is 2.16. The van der Waals surface area contributed by atoms with Crippen LogP contribution in [0.4, 0.5) is 5.69 Å². The van der Waals surface area contributed by atoms with Crippen molar-refractivity contribution >= 4 is 21.6 Å². The minimum Gasteiger partial charge on any atom is -0.314 e. The van der Waals surface area contributed by atoms with Crippen LogP contribution in [0.5, 0.6) is 0 Å². The van der Waals surface area contributed by atoms with Crippen molar-refractivity contribution in [2.45, 2.75) is 11.4 Å². The number of hydrogen-bond donors (Lipinski definition) is 1. The van der Waals surface area contributed by atoms with Crippen molar-refractivity contribution in [3.05, 3.63) is 30.6 Å². The molecule has 1 amide bonds. The third-order valence-electron chi connectivity index (χ3n) is 2.62. The van der Waals surface area contributed by atoms with Crippen LogP contribution in [0.3, 0.4) is 0 Å². The topological polar surface area (TPSA) is 124 Å². The molecule has 1 aromatic carbocycles. The zero-order valence-corrected chi connectivity index (χ0v) is 11.4. The minimum absolute atomic E-state index is 0.0115. The van der Waals surface area contributed by atoms with Gasteiger partial charge < -0.3 is 4.90 Å². The molecule has 1 heterocycles. The van der Waals surface area contributed by atoms with Crippen LogP contribution in [-0.2, 0) is 21.4 Å². The van der Waals surface area contributed by atoms with E-state index in [0.29, 0.717) is 5.69 Å². The molecule has 0 radical (unpaired) electrons. The summed E-state index contributed by atoms with van der Waals surface area (Å²) in [5.74, 6) is -0.249. The monoisotopic (exact) mass is 296 g/mol. The summed E-state index contributed by atoms with van der Waals surface area (Å²) in [4.78, 5) is 13.3. The first kappa shape index (κ1) is 14.1. The fourth-order valence-corrected chi connectivity index (χ4v) is 2.02. The Balaban J connectivity index is 2.13. The molecule has 0 aliphatic carbocycles. The Morgan fingerprint density at radius 1 is 1.35 bits per heavy atom. The molecular weight excluding hydrogens is 284 g/mol. The second kappa shape index (κ2) is 5.35. The van der Waals surface area contributed by atoms with Crippen molar-refractivity contribution < 1.29 is 13.2 Å². The molecule has 0 aliphatic rings. The maximum Gasteiger partial charge on any atom is 0.248 e. The van der Waals surface area contributed by atoms with Crippen LogP contribution in [-0.4, -0.2) is 41.6 Å². The highest BCUT2D eigenvalue weighted by Gasteiger charge is 2.13. The number of nitrogens with two attached hydrogens (primary N) is 1. The molecule has 2 aromatic rings. The van der Waals surface area contributed by atoms with Gasteiger partial charge in [-0.05, 0) is 34.7 Å². The van der Waals surface area contributed by atoms with Crippen LogP contribution < -0.4 is 10.0 Å². The summed E-state index contributed by atoms with van der Waals surface area (Å²) in [6.07, 6.45) is 1.33. The Morgan fingerprint density at radius 3 is 2.50 bits per heavy atom.